The Hall–Kier alpha value is -3.50. The number of aromatic nitrogens is 2. The van der Waals surface area contributed by atoms with Crippen molar-refractivity contribution in [2.75, 3.05) is 7.11 Å². The number of rotatable bonds is 9. The van der Waals surface area contributed by atoms with E-state index in [9.17, 15) is 14.7 Å². The fraction of sp³-hybridized carbons (Fsp3) is 0.214. The zero-order valence-electron chi connectivity index (χ0n) is 20.9. The Morgan fingerprint density at radius 1 is 1.16 bits per heavy atom. The Morgan fingerprint density at radius 2 is 1.95 bits per heavy atom. The minimum absolute atomic E-state index is 0.0119. The average Bonchev–Trinajstić information content (AvgIpc) is 2.91. The van der Waals surface area contributed by atoms with Crippen LogP contribution in [0.25, 0.3) is 10.9 Å². The zero-order valence-corrected chi connectivity index (χ0v) is 24.1. The van der Waals surface area contributed by atoms with E-state index in [0.29, 0.717) is 39.4 Å². The Balaban J connectivity index is 1.79. The molecule has 0 bridgehead atoms. The number of ether oxygens (including phenoxy) is 2. The van der Waals surface area contributed by atoms with Gasteiger partial charge in [-0.05, 0) is 54.4 Å². The first-order chi connectivity index (χ1) is 18.2. The SMILES string of the molecule is CC[C@@H](C)c1nc2ccc(Br)cc2c(=O)n1N=Cc1cc(Br)cc(OC)c1OCc1cccc(C(=O)O)c1. The number of aromatic carboxylic acids is 1. The molecule has 0 aliphatic carbocycles. The van der Waals surface area contributed by atoms with Gasteiger partial charge in [-0.2, -0.15) is 9.78 Å². The molecule has 4 rings (SSSR count). The Morgan fingerprint density at radius 3 is 2.66 bits per heavy atom. The number of halogens is 2. The number of carboxylic acids is 1. The minimum Gasteiger partial charge on any atom is -0.493 e. The molecule has 0 spiro atoms. The molecule has 0 saturated carbocycles. The highest BCUT2D eigenvalue weighted by molar-refractivity contribution is 9.10. The third kappa shape index (κ3) is 5.97. The van der Waals surface area contributed by atoms with Gasteiger partial charge >= 0.3 is 5.97 Å². The molecule has 0 aliphatic rings. The Kier molecular flexibility index (Phi) is 8.63. The summed E-state index contributed by atoms with van der Waals surface area (Å²) < 4.78 is 14.5. The van der Waals surface area contributed by atoms with Gasteiger partial charge in [0.1, 0.15) is 12.4 Å². The lowest BCUT2D eigenvalue weighted by atomic mass is 10.1. The van der Waals surface area contributed by atoms with E-state index in [-0.39, 0.29) is 23.6 Å². The highest BCUT2D eigenvalue weighted by Crippen LogP contribution is 2.35. The number of methoxy groups -OCH3 is 1. The normalized spacial score (nSPS) is 12.1. The highest BCUT2D eigenvalue weighted by Gasteiger charge is 2.17. The lowest BCUT2D eigenvalue weighted by molar-refractivity contribution is 0.0696. The number of fused-ring (bicyclic) bond motifs is 1. The second-order valence-electron chi connectivity index (χ2n) is 8.62. The summed E-state index contributed by atoms with van der Waals surface area (Å²) >= 11 is 6.92. The minimum atomic E-state index is -1.01. The number of hydrogen-bond donors (Lipinski definition) is 1. The monoisotopic (exact) mass is 641 g/mol. The van der Waals surface area contributed by atoms with Gasteiger partial charge < -0.3 is 14.6 Å². The predicted molar refractivity (Wildman–Crippen MR) is 154 cm³/mol. The van der Waals surface area contributed by atoms with Crippen LogP contribution < -0.4 is 15.0 Å². The first-order valence-corrected chi connectivity index (χ1v) is 13.4. The molecule has 0 saturated heterocycles. The molecule has 196 valence electrons. The second-order valence-corrected chi connectivity index (χ2v) is 10.5. The molecular formula is C28H25Br2N3O5. The number of benzene rings is 3. The van der Waals surface area contributed by atoms with Crippen LogP contribution in [0.2, 0.25) is 0 Å². The van der Waals surface area contributed by atoms with E-state index in [2.05, 4.69) is 37.0 Å². The molecule has 4 aromatic rings. The summed E-state index contributed by atoms with van der Waals surface area (Å²) in [5, 5.41) is 14.3. The molecule has 0 fully saturated rings. The van der Waals surface area contributed by atoms with Crippen LogP contribution in [0.1, 0.15) is 53.5 Å². The van der Waals surface area contributed by atoms with Crippen LogP contribution in [0.15, 0.2) is 73.4 Å². The van der Waals surface area contributed by atoms with Gasteiger partial charge in [-0.25, -0.2) is 9.78 Å². The van der Waals surface area contributed by atoms with Gasteiger partial charge in [-0.3, -0.25) is 4.79 Å². The molecule has 0 unspecified atom stereocenters. The van der Waals surface area contributed by atoms with Crippen molar-refractivity contribution in [1.82, 2.24) is 9.66 Å². The van der Waals surface area contributed by atoms with E-state index >= 15 is 0 Å². The van der Waals surface area contributed by atoms with Gasteiger partial charge in [0.2, 0.25) is 0 Å². The van der Waals surface area contributed by atoms with E-state index in [4.69, 9.17) is 14.5 Å². The van der Waals surface area contributed by atoms with Crippen LogP contribution in [0.4, 0.5) is 0 Å². The van der Waals surface area contributed by atoms with Crippen LogP contribution in [-0.2, 0) is 6.61 Å². The molecule has 1 heterocycles. The van der Waals surface area contributed by atoms with Crippen molar-refractivity contribution >= 4 is 54.9 Å². The number of carbonyl (C=O) groups is 1. The molecule has 38 heavy (non-hydrogen) atoms. The van der Waals surface area contributed by atoms with Gasteiger partial charge in [0.25, 0.3) is 5.56 Å². The van der Waals surface area contributed by atoms with Crippen molar-refractivity contribution in [1.29, 1.82) is 0 Å². The second kappa shape index (κ2) is 11.9. The fourth-order valence-corrected chi connectivity index (χ4v) is 4.66. The fourth-order valence-electron chi connectivity index (χ4n) is 3.84. The third-order valence-electron chi connectivity index (χ3n) is 6.02. The molecule has 3 aromatic carbocycles. The van der Waals surface area contributed by atoms with Gasteiger partial charge in [-0.15, -0.1) is 0 Å². The standard InChI is InChI=1S/C28H25Br2N3O5/c1-4-16(2)26-32-23-9-8-20(29)12-22(23)27(34)33(26)31-14-19-11-21(30)13-24(37-3)25(19)38-15-17-6-5-7-18(10-17)28(35)36/h5-14,16H,4,15H2,1-3H3,(H,35,36)/t16-/m1/s1. The molecule has 1 aromatic heterocycles. The maximum Gasteiger partial charge on any atom is 0.335 e. The summed E-state index contributed by atoms with van der Waals surface area (Å²) in [6.07, 6.45) is 2.31. The van der Waals surface area contributed by atoms with Crippen LogP contribution in [-0.4, -0.2) is 34.1 Å². The van der Waals surface area contributed by atoms with Crippen LogP contribution in [0.5, 0.6) is 11.5 Å². The lowest BCUT2D eigenvalue weighted by Crippen LogP contribution is -2.23. The maximum absolute atomic E-state index is 13.5. The van der Waals surface area contributed by atoms with E-state index in [1.807, 2.05) is 26.0 Å². The van der Waals surface area contributed by atoms with Crippen molar-refractivity contribution in [3.05, 3.63) is 96.4 Å². The van der Waals surface area contributed by atoms with Crippen molar-refractivity contribution < 1.29 is 19.4 Å². The molecule has 1 atom stereocenters. The van der Waals surface area contributed by atoms with Crippen molar-refractivity contribution in [2.45, 2.75) is 32.8 Å². The molecule has 0 radical (unpaired) electrons. The van der Waals surface area contributed by atoms with Crippen LogP contribution in [0.3, 0.4) is 0 Å². The first kappa shape index (κ1) is 27.5. The van der Waals surface area contributed by atoms with Crippen LogP contribution >= 0.6 is 31.9 Å². The lowest BCUT2D eigenvalue weighted by Gasteiger charge is -2.16. The average molecular weight is 643 g/mol. The molecule has 8 nitrogen and oxygen atoms in total. The van der Waals surface area contributed by atoms with Crippen molar-refractivity contribution in [2.24, 2.45) is 5.10 Å². The highest BCUT2D eigenvalue weighted by atomic mass is 79.9. The van der Waals surface area contributed by atoms with Crippen LogP contribution in [0, 0.1) is 0 Å². The zero-order chi connectivity index (χ0) is 27.4. The summed E-state index contributed by atoms with van der Waals surface area (Å²) in [7, 11) is 1.53. The van der Waals surface area contributed by atoms with Gasteiger partial charge in [-0.1, -0.05) is 57.8 Å². The quantitative estimate of drug-likeness (QED) is 0.206. The summed E-state index contributed by atoms with van der Waals surface area (Å²) in [5.74, 6) is 0.375. The van der Waals surface area contributed by atoms with E-state index < -0.39 is 5.97 Å². The first-order valence-electron chi connectivity index (χ1n) is 11.8. The van der Waals surface area contributed by atoms with Gasteiger partial charge in [0.15, 0.2) is 11.5 Å². The van der Waals surface area contributed by atoms with Gasteiger partial charge in [0, 0.05) is 20.4 Å². The third-order valence-corrected chi connectivity index (χ3v) is 6.98. The topological polar surface area (TPSA) is 103 Å². The molecular weight excluding hydrogens is 618 g/mol. The smallest absolute Gasteiger partial charge is 0.335 e. The van der Waals surface area contributed by atoms with E-state index in [1.54, 1.807) is 36.4 Å². The summed E-state index contributed by atoms with van der Waals surface area (Å²) in [6.45, 7) is 4.13. The number of nitrogens with zero attached hydrogens (tertiary/aromatic N) is 3. The maximum atomic E-state index is 13.5. The Labute approximate surface area is 236 Å². The number of hydrogen-bond acceptors (Lipinski definition) is 6. The molecule has 10 heteroatoms. The molecule has 0 aliphatic heterocycles. The van der Waals surface area contributed by atoms with E-state index in [0.717, 1.165) is 15.4 Å². The molecule has 0 amide bonds. The summed E-state index contributed by atoms with van der Waals surface area (Å²) in [6, 6.07) is 15.5. The van der Waals surface area contributed by atoms with E-state index in [1.165, 1.54) is 24.1 Å². The Bertz CT molecular complexity index is 1600. The van der Waals surface area contributed by atoms with Crippen molar-refractivity contribution in [3.63, 3.8) is 0 Å². The summed E-state index contributed by atoms with van der Waals surface area (Å²) in [4.78, 5) is 29.6. The largest absolute Gasteiger partial charge is 0.493 e. The molecule has 1 N–H and O–H groups in total. The van der Waals surface area contributed by atoms with Crippen molar-refractivity contribution in [3.8, 4) is 11.5 Å². The predicted octanol–water partition coefficient (Wildman–Crippen LogP) is 6.60. The summed E-state index contributed by atoms with van der Waals surface area (Å²) in [5.41, 5.74) is 1.73. The number of carboxylic acid groups (broad SMARTS) is 1. The van der Waals surface area contributed by atoms with Gasteiger partial charge in [0.05, 0.1) is 29.8 Å².